The normalized spacial score (nSPS) is 11.2. The van der Waals surface area contributed by atoms with Gasteiger partial charge in [-0.3, -0.25) is 14.9 Å². The van der Waals surface area contributed by atoms with Crippen LogP contribution in [0.15, 0.2) is 65.6 Å². The molecular formula is C25H21ClN6O. The lowest BCUT2D eigenvalue weighted by Gasteiger charge is -2.13. The van der Waals surface area contributed by atoms with Crippen LogP contribution in [-0.4, -0.2) is 24.7 Å². The van der Waals surface area contributed by atoms with E-state index in [1.807, 2.05) is 62.4 Å². The van der Waals surface area contributed by atoms with Crippen molar-refractivity contribution in [1.29, 1.82) is 0 Å². The molecule has 0 radical (unpaired) electrons. The number of aryl methyl sites for hydroxylation is 3. The number of H-pyrrole nitrogens is 1. The maximum absolute atomic E-state index is 13.2. The summed E-state index contributed by atoms with van der Waals surface area (Å²) in [5, 5.41) is 11.9. The van der Waals surface area contributed by atoms with Gasteiger partial charge in [-0.05, 0) is 61.4 Å². The van der Waals surface area contributed by atoms with Gasteiger partial charge in [0.1, 0.15) is 5.15 Å². The van der Waals surface area contributed by atoms with Crippen LogP contribution in [0.1, 0.15) is 11.3 Å². The number of hydrogen-bond donors (Lipinski definition) is 2. The fourth-order valence-electron chi connectivity index (χ4n) is 3.87. The molecule has 5 aromatic rings. The van der Waals surface area contributed by atoms with Crippen molar-refractivity contribution in [3.63, 3.8) is 0 Å². The highest BCUT2D eigenvalue weighted by atomic mass is 35.5. The Bertz CT molecular complexity index is 1570. The topological polar surface area (TPSA) is 88.5 Å². The average Bonchev–Trinajstić information content (AvgIpc) is 3.27. The first-order valence-corrected chi connectivity index (χ1v) is 10.8. The van der Waals surface area contributed by atoms with E-state index >= 15 is 0 Å². The van der Waals surface area contributed by atoms with Crippen molar-refractivity contribution in [3.8, 4) is 22.5 Å². The van der Waals surface area contributed by atoms with Gasteiger partial charge in [0.15, 0.2) is 5.82 Å². The number of hydrogen-bond acceptors (Lipinski definition) is 5. The zero-order valence-corrected chi connectivity index (χ0v) is 19.1. The number of rotatable bonds is 4. The maximum Gasteiger partial charge on any atom is 0.258 e. The highest BCUT2D eigenvalue weighted by molar-refractivity contribution is 6.29. The van der Waals surface area contributed by atoms with Crippen molar-refractivity contribution >= 4 is 34.0 Å². The van der Waals surface area contributed by atoms with E-state index in [-0.39, 0.29) is 5.56 Å². The molecule has 1 aromatic carbocycles. The lowest BCUT2D eigenvalue weighted by molar-refractivity contribution is 0.905. The van der Waals surface area contributed by atoms with Crippen molar-refractivity contribution in [2.75, 3.05) is 5.32 Å². The minimum absolute atomic E-state index is 0.0533. The Labute approximate surface area is 195 Å². The summed E-state index contributed by atoms with van der Waals surface area (Å²) in [5.41, 5.74) is 6.44. The molecule has 2 N–H and O–H groups in total. The Morgan fingerprint density at radius 1 is 1.03 bits per heavy atom. The summed E-state index contributed by atoms with van der Waals surface area (Å²) < 4.78 is 1.68. The van der Waals surface area contributed by atoms with Gasteiger partial charge in [-0.1, -0.05) is 23.7 Å². The van der Waals surface area contributed by atoms with Crippen LogP contribution in [0, 0.1) is 13.8 Å². The van der Waals surface area contributed by atoms with Gasteiger partial charge >= 0.3 is 0 Å². The van der Waals surface area contributed by atoms with Crippen LogP contribution in [0.25, 0.3) is 33.4 Å². The molecule has 0 saturated carbocycles. The highest BCUT2D eigenvalue weighted by Gasteiger charge is 2.13. The summed E-state index contributed by atoms with van der Waals surface area (Å²) in [6.07, 6.45) is 1.81. The molecule has 0 bridgehead atoms. The quantitative estimate of drug-likeness (QED) is 0.353. The van der Waals surface area contributed by atoms with Crippen molar-refractivity contribution in [1.82, 2.24) is 24.7 Å². The van der Waals surface area contributed by atoms with Gasteiger partial charge in [-0.25, -0.2) is 4.98 Å². The SMILES string of the molecule is Cc1cc2c(cn1)cc(-c1cc(Nc3cc(-c4cccc(Cl)n4)[nH]n3)ccc1C)c(=O)n2C. The van der Waals surface area contributed by atoms with E-state index in [9.17, 15) is 4.79 Å². The fraction of sp³-hybridized carbons (Fsp3) is 0.120. The van der Waals surface area contributed by atoms with E-state index in [1.165, 1.54) is 0 Å². The third kappa shape index (κ3) is 3.99. The predicted octanol–water partition coefficient (Wildman–Crippen LogP) is 5.40. The molecule has 4 aromatic heterocycles. The number of benzene rings is 1. The first-order valence-electron chi connectivity index (χ1n) is 10.4. The Balaban J connectivity index is 1.52. The number of aromatic amines is 1. The summed E-state index contributed by atoms with van der Waals surface area (Å²) in [5.74, 6) is 0.632. The maximum atomic E-state index is 13.2. The largest absolute Gasteiger partial charge is 0.339 e. The van der Waals surface area contributed by atoms with E-state index in [0.29, 0.717) is 22.2 Å². The number of halogens is 1. The summed E-state index contributed by atoms with van der Waals surface area (Å²) in [6, 6.07) is 17.0. The Morgan fingerprint density at radius 3 is 2.70 bits per heavy atom. The van der Waals surface area contributed by atoms with Gasteiger partial charge in [0.2, 0.25) is 0 Å². The Hall–Kier alpha value is -3.97. The second kappa shape index (κ2) is 8.18. The van der Waals surface area contributed by atoms with E-state index in [0.717, 1.165) is 39.1 Å². The second-order valence-corrected chi connectivity index (χ2v) is 8.36. The van der Waals surface area contributed by atoms with Crippen LogP contribution >= 0.6 is 11.6 Å². The average molecular weight is 457 g/mol. The standard InChI is InChI=1S/C25H21ClN6O/c1-14-7-8-17(28-24-12-21(30-31-24)20-5-4-6-23(26)29-20)11-18(14)19-10-16-13-27-15(2)9-22(16)32(3)25(19)33/h4-13H,1-3H3,(H2,28,30,31). The smallest absolute Gasteiger partial charge is 0.258 e. The van der Waals surface area contributed by atoms with Gasteiger partial charge in [0.05, 0.1) is 16.9 Å². The number of nitrogens with one attached hydrogen (secondary N) is 2. The van der Waals surface area contributed by atoms with Crippen molar-refractivity contribution in [2.24, 2.45) is 7.05 Å². The predicted molar refractivity (Wildman–Crippen MR) is 132 cm³/mol. The zero-order chi connectivity index (χ0) is 23.1. The monoisotopic (exact) mass is 456 g/mol. The number of fused-ring (bicyclic) bond motifs is 1. The van der Waals surface area contributed by atoms with Crippen LogP contribution in [-0.2, 0) is 7.05 Å². The number of nitrogens with zero attached hydrogens (tertiary/aromatic N) is 4. The minimum atomic E-state index is -0.0533. The number of pyridine rings is 3. The zero-order valence-electron chi connectivity index (χ0n) is 18.3. The summed E-state index contributed by atoms with van der Waals surface area (Å²) in [7, 11) is 1.79. The first-order chi connectivity index (χ1) is 15.9. The second-order valence-electron chi connectivity index (χ2n) is 7.97. The molecule has 164 valence electrons. The minimum Gasteiger partial charge on any atom is -0.339 e. The first kappa shape index (κ1) is 20.9. The molecule has 0 saturated heterocycles. The van der Waals surface area contributed by atoms with E-state index in [1.54, 1.807) is 23.9 Å². The third-order valence-corrected chi connectivity index (χ3v) is 5.82. The van der Waals surface area contributed by atoms with Crippen molar-refractivity contribution in [2.45, 2.75) is 13.8 Å². The molecule has 0 unspecified atom stereocenters. The molecule has 0 amide bonds. The Morgan fingerprint density at radius 2 is 1.88 bits per heavy atom. The summed E-state index contributed by atoms with van der Waals surface area (Å²) >= 11 is 6.00. The van der Waals surface area contributed by atoms with Crippen LogP contribution < -0.4 is 10.9 Å². The van der Waals surface area contributed by atoms with E-state index < -0.39 is 0 Å². The molecule has 0 aliphatic heterocycles. The highest BCUT2D eigenvalue weighted by Crippen LogP contribution is 2.29. The molecule has 0 spiro atoms. The van der Waals surface area contributed by atoms with Gasteiger partial charge in [0, 0.05) is 41.6 Å². The summed E-state index contributed by atoms with van der Waals surface area (Å²) in [4.78, 5) is 21.9. The van der Waals surface area contributed by atoms with E-state index in [4.69, 9.17) is 11.6 Å². The van der Waals surface area contributed by atoms with Crippen LogP contribution in [0.2, 0.25) is 5.15 Å². The van der Waals surface area contributed by atoms with E-state index in [2.05, 4.69) is 25.5 Å². The fourth-order valence-corrected chi connectivity index (χ4v) is 4.03. The molecule has 5 rings (SSSR count). The van der Waals surface area contributed by atoms with Gasteiger partial charge in [0.25, 0.3) is 5.56 Å². The molecule has 0 fully saturated rings. The molecule has 4 heterocycles. The number of anilines is 2. The molecule has 8 heteroatoms. The molecule has 7 nitrogen and oxygen atoms in total. The van der Waals surface area contributed by atoms with Gasteiger partial charge in [-0.2, -0.15) is 5.10 Å². The van der Waals surface area contributed by atoms with Crippen LogP contribution in [0.3, 0.4) is 0 Å². The molecular weight excluding hydrogens is 436 g/mol. The lowest BCUT2D eigenvalue weighted by Crippen LogP contribution is -2.19. The Kier molecular flexibility index (Phi) is 5.18. The van der Waals surface area contributed by atoms with Crippen LogP contribution in [0.5, 0.6) is 0 Å². The third-order valence-electron chi connectivity index (χ3n) is 5.61. The van der Waals surface area contributed by atoms with Crippen molar-refractivity contribution < 1.29 is 0 Å². The molecule has 0 aliphatic rings. The van der Waals surface area contributed by atoms with Crippen LogP contribution in [0.4, 0.5) is 11.5 Å². The molecule has 0 atom stereocenters. The summed E-state index contributed by atoms with van der Waals surface area (Å²) in [6.45, 7) is 3.91. The number of aromatic nitrogens is 5. The van der Waals surface area contributed by atoms with Gasteiger partial charge in [-0.15, -0.1) is 0 Å². The van der Waals surface area contributed by atoms with Gasteiger partial charge < -0.3 is 9.88 Å². The molecule has 33 heavy (non-hydrogen) atoms. The molecule has 0 aliphatic carbocycles. The lowest BCUT2D eigenvalue weighted by atomic mass is 9.99. The van der Waals surface area contributed by atoms with Crippen molar-refractivity contribution in [3.05, 3.63) is 87.6 Å².